The van der Waals surface area contributed by atoms with Gasteiger partial charge in [0.25, 0.3) is 0 Å². The topological polar surface area (TPSA) is 61.6 Å². The summed E-state index contributed by atoms with van der Waals surface area (Å²) < 4.78 is 0. The van der Waals surface area contributed by atoms with E-state index in [1.807, 2.05) is 6.92 Å². The Hall–Kier alpha value is -0.720. The second kappa shape index (κ2) is 7.33. The molecule has 20 heavy (non-hydrogen) atoms. The predicted octanol–water partition coefficient (Wildman–Crippen LogP) is 0.337. The molecular weight excluding hydrogens is 272 g/mol. The smallest absolute Gasteiger partial charge is 0.234 e. The van der Waals surface area contributed by atoms with Gasteiger partial charge in [-0.2, -0.15) is 0 Å². The van der Waals surface area contributed by atoms with Crippen molar-refractivity contribution in [3.63, 3.8) is 0 Å². The number of piperazine rings is 1. The van der Waals surface area contributed by atoms with Crippen LogP contribution in [0.4, 0.5) is 0 Å². The highest BCUT2D eigenvalue weighted by Gasteiger charge is 2.24. The molecule has 1 amide bonds. The van der Waals surface area contributed by atoms with Gasteiger partial charge >= 0.3 is 0 Å². The zero-order valence-electron chi connectivity index (χ0n) is 12.3. The summed E-state index contributed by atoms with van der Waals surface area (Å²) >= 11 is 5.04. The van der Waals surface area contributed by atoms with Crippen LogP contribution in [-0.4, -0.2) is 65.5 Å². The Balaban J connectivity index is 1.68. The fraction of sp³-hybridized carbons (Fsp3) is 0.857. The molecule has 0 aromatic heterocycles. The van der Waals surface area contributed by atoms with E-state index in [-0.39, 0.29) is 11.9 Å². The Labute approximate surface area is 126 Å². The number of amides is 1. The lowest BCUT2D eigenvalue weighted by Gasteiger charge is -2.37. The zero-order chi connectivity index (χ0) is 14.5. The minimum atomic E-state index is 0.152. The third kappa shape index (κ3) is 4.40. The van der Waals surface area contributed by atoms with Crippen LogP contribution in [0.5, 0.6) is 0 Å². The molecule has 114 valence electrons. The first-order chi connectivity index (χ1) is 9.56. The number of carbonyl (C=O) groups is 1. The maximum absolute atomic E-state index is 12.0. The summed E-state index contributed by atoms with van der Waals surface area (Å²) in [6.45, 7) is 6.23. The van der Waals surface area contributed by atoms with E-state index in [4.69, 9.17) is 18.0 Å². The summed E-state index contributed by atoms with van der Waals surface area (Å²) in [5, 5.41) is 3.14. The van der Waals surface area contributed by atoms with Crippen molar-refractivity contribution in [2.45, 2.75) is 44.7 Å². The van der Waals surface area contributed by atoms with E-state index in [1.54, 1.807) is 0 Å². The quantitative estimate of drug-likeness (QED) is 0.717. The van der Waals surface area contributed by atoms with E-state index < -0.39 is 0 Å². The predicted molar refractivity (Wildman–Crippen MR) is 84.7 cm³/mol. The van der Waals surface area contributed by atoms with Gasteiger partial charge < -0.3 is 11.1 Å². The van der Waals surface area contributed by atoms with Crippen molar-refractivity contribution >= 4 is 23.1 Å². The molecule has 5 nitrogen and oxygen atoms in total. The van der Waals surface area contributed by atoms with Crippen molar-refractivity contribution < 1.29 is 4.79 Å². The first-order valence-electron chi connectivity index (χ1n) is 7.61. The van der Waals surface area contributed by atoms with Crippen LogP contribution in [-0.2, 0) is 4.79 Å². The van der Waals surface area contributed by atoms with Gasteiger partial charge in [0.2, 0.25) is 5.91 Å². The molecule has 1 saturated carbocycles. The molecular formula is C14H26N4OS. The maximum atomic E-state index is 12.0. The number of hydrogen-bond donors (Lipinski definition) is 2. The molecule has 1 unspecified atom stereocenters. The average molecular weight is 298 g/mol. The maximum Gasteiger partial charge on any atom is 0.234 e. The molecule has 1 aliphatic carbocycles. The molecule has 3 N–H and O–H groups in total. The minimum absolute atomic E-state index is 0.152. The normalized spacial score (nSPS) is 23.6. The van der Waals surface area contributed by atoms with Gasteiger partial charge in [0.05, 0.1) is 17.6 Å². The molecule has 1 heterocycles. The van der Waals surface area contributed by atoms with Gasteiger partial charge in [-0.3, -0.25) is 14.6 Å². The van der Waals surface area contributed by atoms with Gasteiger partial charge in [0.15, 0.2) is 0 Å². The van der Waals surface area contributed by atoms with E-state index >= 15 is 0 Å². The SMILES string of the molecule is CC(C(N)=S)N1CCN(CC(=O)NC2CCCC2)CC1. The van der Waals surface area contributed by atoms with Gasteiger partial charge in [-0.05, 0) is 19.8 Å². The van der Waals surface area contributed by atoms with Gasteiger partial charge in [-0.25, -0.2) is 0 Å². The fourth-order valence-electron chi connectivity index (χ4n) is 3.04. The zero-order valence-corrected chi connectivity index (χ0v) is 13.1. The fourth-order valence-corrected chi connectivity index (χ4v) is 3.18. The third-order valence-electron chi connectivity index (χ3n) is 4.45. The van der Waals surface area contributed by atoms with Crippen molar-refractivity contribution in [3.8, 4) is 0 Å². The molecule has 0 spiro atoms. The van der Waals surface area contributed by atoms with Crippen LogP contribution in [0.1, 0.15) is 32.6 Å². The molecule has 0 bridgehead atoms. The monoisotopic (exact) mass is 298 g/mol. The molecule has 1 saturated heterocycles. The van der Waals surface area contributed by atoms with E-state index in [0.29, 0.717) is 17.6 Å². The molecule has 0 radical (unpaired) electrons. The Morgan fingerprint density at radius 1 is 1.30 bits per heavy atom. The summed E-state index contributed by atoms with van der Waals surface area (Å²) in [5.74, 6) is 0.174. The molecule has 1 aliphatic heterocycles. The van der Waals surface area contributed by atoms with Crippen LogP contribution in [0.25, 0.3) is 0 Å². The largest absolute Gasteiger partial charge is 0.392 e. The minimum Gasteiger partial charge on any atom is -0.392 e. The van der Waals surface area contributed by atoms with Crippen molar-refractivity contribution in [1.82, 2.24) is 15.1 Å². The summed E-state index contributed by atoms with van der Waals surface area (Å²) in [6.07, 6.45) is 4.79. The van der Waals surface area contributed by atoms with Gasteiger partial charge in [-0.1, -0.05) is 25.1 Å². The first kappa shape index (κ1) is 15.7. The lowest BCUT2D eigenvalue weighted by molar-refractivity contribution is -0.123. The number of thiocarbonyl (C=S) groups is 1. The number of nitrogens with zero attached hydrogens (tertiary/aromatic N) is 2. The van der Waals surface area contributed by atoms with Crippen LogP contribution in [0, 0.1) is 0 Å². The second-order valence-electron chi connectivity index (χ2n) is 5.94. The summed E-state index contributed by atoms with van der Waals surface area (Å²) in [4.78, 5) is 17.0. The number of rotatable bonds is 5. The van der Waals surface area contributed by atoms with Crippen LogP contribution in [0.2, 0.25) is 0 Å². The van der Waals surface area contributed by atoms with E-state index in [9.17, 15) is 4.79 Å². The highest BCUT2D eigenvalue weighted by molar-refractivity contribution is 7.80. The lowest BCUT2D eigenvalue weighted by atomic mass is 10.2. The van der Waals surface area contributed by atoms with Gasteiger partial charge in [0, 0.05) is 32.2 Å². The number of hydrogen-bond acceptors (Lipinski definition) is 4. The van der Waals surface area contributed by atoms with Crippen LogP contribution < -0.4 is 11.1 Å². The Bertz CT molecular complexity index is 349. The Morgan fingerprint density at radius 2 is 1.90 bits per heavy atom. The second-order valence-corrected chi connectivity index (χ2v) is 6.41. The summed E-state index contributed by atoms with van der Waals surface area (Å²) in [6, 6.07) is 0.567. The Morgan fingerprint density at radius 3 is 2.45 bits per heavy atom. The molecule has 0 aromatic rings. The van der Waals surface area contributed by atoms with Crippen LogP contribution >= 0.6 is 12.2 Å². The van der Waals surface area contributed by atoms with Crippen molar-refractivity contribution in [1.29, 1.82) is 0 Å². The summed E-state index contributed by atoms with van der Waals surface area (Å²) in [7, 11) is 0. The highest BCUT2D eigenvalue weighted by Crippen LogP contribution is 2.17. The molecule has 6 heteroatoms. The average Bonchev–Trinajstić information content (AvgIpc) is 2.91. The lowest BCUT2D eigenvalue weighted by Crippen LogP contribution is -2.54. The standard InChI is InChI=1S/C14H26N4OS/c1-11(14(15)20)18-8-6-17(7-9-18)10-13(19)16-12-4-2-3-5-12/h11-12H,2-10H2,1H3,(H2,15,20)(H,16,19). The molecule has 2 aliphatic rings. The van der Waals surface area contributed by atoms with Gasteiger partial charge in [-0.15, -0.1) is 0 Å². The van der Waals surface area contributed by atoms with Crippen molar-refractivity contribution in [3.05, 3.63) is 0 Å². The highest BCUT2D eigenvalue weighted by atomic mass is 32.1. The molecule has 2 fully saturated rings. The number of carbonyl (C=O) groups excluding carboxylic acids is 1. The number of nitrogens with one attached hydrogen (secondary N) is 1. The van der Waals surface area contributed by atoms with Crippen LogP contribution in [0.3, 0.4) is 0 Å². The third-order valence-corrected chi connectivity index (χ3v) is 4.79. The van der Waals surface area contributed by atoms with E-state index in [2.05, 4.69) is 15.1 Å². The Kier molecular flexibility index (Phi) is 5.74. The van der Waals surface area contributed by atoms with Gasteiger partial charge in [0.1, 0.15) is 0 Å². The van der Waals surface area contributed by atoms with Crippen molar-refractivity contribution in [2.75, 3.05) is 32.7 Å². The van der Waals surface area contributed by atoms with Crippen LogP contribution in [0.15, 0.2) is 0 Å². The summed E-state index contributed by atoms with van der Waals surface area (Å²) in [5.41, 5.74) is 5.69. The van der Waals surface area contributed by atoms with Crippen molar-refractivity contribution in [2.24, 2.45) is 5.73 Å². The molecule has 1 atom stereocenters. The molecule has 2 rings (SSSR count). The molecule has 0 aromatic carbocycles. The first-order valence-corrected chi connectivity index (χ1v) is 8.02. The number of nitrogens with two attached hydrogens (primary N) is 1. The van der Waals surface area contributed by atoms with E-state index in [1.165, 1.54) is 12.8 Å². The van der Waals surface area contributed by atoms with E-state index in [0.717, 1.165) is 39.0 Å².